The molecule has 1 fully saturated rings. The number of carbonyl (C=O) groups is 6. The van der Waals surface area contributed by atoms with E-state index in [9.17, 15) is 42.3 Å². The molecule has 1 saturated heterocycles. The summed E-state index contributed by atoms with van der Waals surface area (Å²) in [6, 6.07) is 18.4. The maximum Gasteiger partial charge on any atom is 0.297 e. The number of hydrogen-bond acceptors (Lipinski definition) is 12. The number of Topliss-reactive ketones (excluding diaryl/α,β-unsaturated/α-hetero) is 1. The second-order valence-corrected chi connectivity index (χ2v) is 19.5. The Morgan fingerprint density at radius 2 is 1.32 bits per heavy atom. The van der Waals surface area contributed by atoms with Crippen molar-refractivity contribution < 1.29 is 51.2 Å². The van der Waals surface area contributed by atoms with Crippen LogP contribution >= 0.6 is 0 Å². The molecule has 0 saturated carbocycles. The molecule has 18 heteroatoms. The predicted octanol–water partition coefficient (Wildman–Crippen LogP) is 2.31. The van der Waals surface area contributed by atoms with Gasteiger partial charge in [-0.1, -0.05) is 100 Å². The first-order chi connectivity index (χ1) is 32.3. The van der Waals surface area contributed by atoms with Gasteiger partial charge < -0.3 is 36.4 Å². The van der Waals surface area contributed by atoms with E-state index in [-0.39, 0.29) is 62.1 Å². The number of nitrogens with one attached hydrogen (secondary N) is 5. The van der Waals surface area contributed by atoms with Crippen molar-refractivity contribution in [2.45, 2.75) is 101 Å². The molecule has 17 nitrogen and oxygen atoms in total. The lowest BCUT2D eigenvalue weighted by Gasteiger charge is -2.30. The highest BCUT2D eigenvalue weighted by Gasteiger charge is 2.40. The lowest BCUT2D eigenvalue weighted by molar-refractivity contribution is -0.143. The number of ketones is 1. The highest BCUT2D eigenvalue weighted by atomic mass is 32.2. The van der Waals surface area contributed by atoms with Crippen LogP contribution in [0.1, 0.15) is 75.4 Å². The number of ether oxygens (including phenoxy) is 1. The Kier molecular flexibility index (Phi) is 21.3. The number of nitrogens with zero attached hydrogens (tertiary/aromatic N) is 1. The standard InChI is InChI=1S/C50H66N6O11S/c1-7-23-51-46(59)38-19-14-20-39(31-38)68(64,65)67-33-50(6,63)45(58)41(28-34(2)3)53-49(62)43(30-37-17-12-9-13-18-37)55-48(61)42(29-35(4)5)54-47(60)40(22-21-36-15-10-8-11-16-36)52-44(57)32-56-24-26-66-27-25-56/h1,8-20,31,34-35,40-43,63H,21-30,32-33H2,2-6H3,(H,51,59)(H,52,57)(H,53,62)(H,54,60)(H,55,61)/t40-,41?,42-,43-,50+/m0/s1. The maximum atomic E-state index is 14.4. The van der Waals surface area contributed by atoms with Crippen molar-refractivity contribution in [2.75, 3.05) is 46.0 Å². The Balaban J connectivity index is 1.54. The van der Waals surface area contributed by atoms with Crippen molar-refractivity contribution >= 4 is 45.4 Å². The van der Waals surface area contributed by atoms with E-state index in [0.29, 0.717) is 38.3 Å². The number of aliphatic hydroxyl groups is 1. The van der Waals surface area contributed by atoms with Gasteiger partial charge in [-0.05, 0) is 73.8 Å². The molecule has 5 atom stereocenters. The van der Waals surface area contributed by atoms with Crippen LogP contribution in [0.15, 0.2) is 89.8 Å². The van der Waals surface area contributed by atoms with Crippen molar-refractivity contribution in [3.8, 4) is 12.3 Å². The summed E-state index contributed by atoms with van der Waals surface area (Å²) in [6.45, 7) is 9.46. The zero-order valence-corrected chi connectivity index (χ0v) is 40.3. The minimum absolute atomic E-state index is 0.0158. The maximum absolute atomic E-state index is 14.4. The van der Waals surface area contributed by atoms with Gasteiger partial charge >= 0.3 is 0 Å². The first-order valence-electron chi connectivity index (χ1n) is 22.8. The number of aryl methyl sites for hydroxylation is 1. The van der Waals surface area contributed by atoms with Crippen molar-refractivity contribution in [1.29, 1.82) is 0 Å². The minimum Gasteiger partial charge on any atom is -0.380 e. The molecule has 68 heavy (non-hydrogen) atoms. The zero-order chi connectivity index (χ0) is 49.9. The fraction of sp³-hybridized carbons (Fsp3) is 0.480. The Hall–Kier alpha value is -5.97. The van der Waals surface area contributed by atoms with Crippen molar-refractivity contribution in [3.05, 3.63) is 102 Å². The third-order valence-corrected chi connectivity index (χ3v) is 12.3. The van der Waals surface area contributed by atoms with Gasteiger partial charge in [0.2, 0.25) is 23.6 Å². The summed E-state index contributed by atoms with van der Waals surface area (Å²) in [7, 11) is -4.62. The van der Waals surface area contributed by atoms with E-state index in [1.54, 1.807) is 44.2 Å². The minimum atomic E-state index is -4.62. The Morgan fingerprint density at radius 3 is 1.94 bits per heavy atom. The lowest BCUT2D eigenvalue weighted by atomic mass is 9.90. The van der Waals surface area contributed by atoms with Gasteiger partial charge in [0.1, 0.15) is 30.3 Å². The second kappa shape index (κ2) is 26.5. The summed E-state index contributed by atoms with van der Waals surface area (Å²) < 4.78 is 37.1. The summed E-state index contributed by atoms with van der Waals surface area (Å²) in [5.41, 5.74) is -0.857. The Labute approximate surface area is 400 Å². The van der Waals surface area contributed by atoms with Crippen LogP contribution in [-0.4, -0.2) is 130 Å². The SMILES string of the molecule is C#CCNC(=O)c1cccc(S(=O)(=O)OC[C@@](C)(O)C(=O)C(CC(C)C)NC(=O)[C@H](Cc2ccccc2)NC(=O)[C@H](CC(C)C)NC(=O)[C@H](CCc2ccccc2)NC(=O)CN2CCOCC2)c1. The molecule has 1 unspecified atom stereocenters. The van der Waals surface area contributed by atoms with Crippen LogP contribution in [0.3, 0.4) is 0 Å². The molecule has 3 aromatic carbocycles. The van der Waals surface area contributed by atoms with Gasteiger partial charge in [-0.2, -0.15) is 8.42 Å². The molecular formula is C50H66N6O11S. The number of amides is 5. The van der Waals surface area contributed by atoms with E-state index in [2.05, 4.69) is 32.5 Å². The monoisotopic (exact) mass is 958 g/mol. The molecule has 4 rings (SSSR count). The van der Waals surface area contributed by atoms with E-state index in [0.717, 1.165) is 18.6 Å². The van der Waals surface area contributed by atoms with Gasteiger partial charge in [0.15, 0.2) is 5.78 Å². The van der Waals surface area contributed by atoms with Crippen LogP contribution in [0.4, 0.5) is 0 Å². The largest absolute Gasteiger partial charge is 0.380 e. The molecule has 5 amide bonds. The van der Waals surface area contributed by atoms with Gasteiger partial charge in [-0.3, -0.25) is 37.9 Å². The number of benzene rings is 3. The summed E-state index contributed by atoms with van der Waals surface area (Å²) in [6.07, 6.45) is 6.07. The molecule has 0 spiro atoms. The summed E-state index contributed by atoms with van der Waals surface area (Å²) in [4.78, 5) is 84.2. The van der Waals surface area contributed by atoms with Crippen LogP contribution in [0.5, 0.6) is 0 Å². The number of carbonyl (C=O) groups excluding carboxylic acids is 6. The number of rotatable bonds is 26. The fourth-order valence-electron chi connectivity index (χ4n) is 7.44. The summed E-state index contributed by atoms with van der Waals surface area (Å²) in [5, 5.41) is 25.1. The zero-order valence-electron chi connectivity index (χ0n) is 39.5. The van der Waals surface area contributed by atoms with Gasteiger partial charge in [-0.15, -0.1) is 6.42 Å². The molecule has 368 valence electrons. The molecule has 1 heterocycles. The van der Waals surface area contributed by atoms with E-state index in [4.69, 9.17) is 15.3 Å². The van der Waals surface area contributed by atoms with Crippen LogP contribution < -0.4 is 26.6 Å². The number of hydrogen-bond donors (Lipinski definition) is 6. The average molecular weight is 959 g/mol. The predicted molar refractivity (Wildman–Crippen MR) is 255 cm³/mol. The molecule has 0 aliphatic carbocycles. The molecule has 1 aliphatic heterocycles. The van der Waals surface area contributed by atoms with Crippen molar-refractivity contribution in [2.24, 2.45) is 11.8 Å². The van der Waals surface area contributed by atoms with Gasteiger partial charge in [0.25, 0.3) is 16.0 Å². The number of terminal acetylenes is 1. The topological polar surface area (TPSA) is 239 Å². The number of morpholine rings is 1. The highest BCUT2D eigenvalue weighted by molar-refractivity contribution is 7.86. The lowest BCUT2D eigenvalue weighted by Crippen LogP contribution is -2.60. The third-order valence-electron chi connectivity index (χ3n) is 11.0. The van der Waals surface area contributed by atoms with Crippen molar-refractivity contribution in [1.82, 2.24) is 31.5 Å². The third kappa shape index (κ3) is 17.9. The second-order valence-electron chi connectivity index (χ2n) is 17.9. The molecule has 1 aliphatic rings. The van der Waals surface area contributed by atoms with Crippen molar-refractivity contribution in [3.63, 3.8) is 0 Å². The highest BCUT2D eigenvalue weighted by Crippen LogP contribution is 2.21. The molecule has 3 aromatic rings. The normalized spacial score (nSPS) is 15.7. The molecule has 0 radical (unpaired) electrons. The fourth-order valence-corrected chi connectivity index (χ4v) is 8.48. The first kappa shape index (κ1) is 54.6. The Morgan fingerprint density at radius 1 is 0.765 bits per heavy atom. The summed E-state index contributed by atoms with van der Waals surface area (Å²) in [5.74, 6) is -2.04. The molecular weight excluding hydrogens is 893 g/mol. The van der Waals surface area contributed by atoms with Crippen LogP contribution in [-0.2, 0) is 55.9 Å². The smallest absolute Gasteiger partial charge is 0.297 e. The van der Waals surface area contributed by atoms with Crippen LogP contribution in [0.2, 0.25) is 0 Å². The van der Waals surface area contributed by atoms with E-state index < -0.39 is 80.8 Å². The van der Waals surface area contributed by atoms with E-state index >= 15 is 0 Å². The first-order valence-corrected chi connectivity index (χ1v) is 24.2. The van der Waals surface area contributed by atoms with Gasteiger partial charge in [0, 0.05) is 25.1 Å². The van der Waals surface area contributed by atoms with Crippen LogP contribution in [0, 0.1) is 24.2 Å². The average Bonchev–Trinajstić information content (AvgIpc) is 3.31. The van der Waals surface area contributed by atoms with Gasteiger partial charge in [0.05, 0.1) is 37.2 Å². The summed E-state index contributed by atoms with van der Waals surface area (Å²) >= 11 is 0. The van der Waals surface area contributed by atoms with Crippen LogP contribution in [0.25, 0.3) is 0 Å². The molecule has 0 bridgehead atoms. The quantitative estimate of drug-likeness (QED) is 0.0503. The molecule has 0 aromatic heterocycles. The van der Waals surface area contributed by atoms with E-state index in [1.165, 1.54) is 18.2 Å². The van der Waals surface area contributed by atoms with E-state index in [1.807, 2.05) is 49.1 Å². The molecule has 6 N–H and O–H groups in total. The Bertz CT molecular complexity index is 2310. The van der Waals surface area contributed by atoms with Gasteiger partial charge in [-0.25, -0.2) is 0 Å².